The molecule has 0 spiro atoms. The van der Waals surface area contributed by atoms with Crippen LogP contribution in [0.15, 0.2) is 78.1 Å². The molecule has 0 fully saturated rings. The standard InChI is InChI=1S/C35H33N9O4S/c1-4-38-49(47,48)41-32-30(33-36-18-9-19-43(33)40-32)34(45)39-22(2)31-27-13-8-10-24-16-17-25(15-14-23-20-37-42(3)21-23)29(28(24)27)35(46)44(31)26-11-6-5-7-12-26/h5-7,9,11-12,16-22,38H,4,8,10,13H2,1-3H3,(H,39,45)(H,40,41)/t22-/m1/s1. The number of anilines is 1. The minimum absolute atomic E-state index is 0.0504. The Labute approximate surface area is 282 Å². The van der Waals surface area contributed by atoms with Crippen molar-refractivity contribution < 1.29 is 13.2 Å². The molecule has 4 aromatic heterocycles. The fourth-order valence-electron chi connectivity index (χ4n) is 6.49. The maximum atomic E-state index is 14.8. The van der Waals surface area contributed by atoms with Crippen molar-refractivity contribution in [1.29, 1.82) is 0 Å². The summed E-state index contributed by atoms with van der Waals surface area (Å²) in [4.78, 5) is 33.2. The van der Waals surface area contributed by atoms with Crippen molar-refractivity contribution >= 4 is 38.4 Å². The van der Waals surface area contributed by atoms with Gasteiger partial charge in [-0.25, -0.2) is 9.50 Å². The Balaban J connectivity index is 1.40. The number of carbonyl (C=O) groups is 1. The van der Waals surface area contributed by atoms with E-state index in [0.717, 1.165) is 34.9 Å². The first kappa shape index (κ1) is 31.8. The van der Waals surface area contributed by atoms with E-state index in [0.29, 0.717) is 28.8 Å². The number of benzene rings is 2. The van der Waals surface area contributed by atoms with Crippen molar-refractivity contribution in [2.24, 2.45) is 7.05 Å². The van der Waals surface area contributed by atoms with Crippen LogP contribution < -0.4 is 20.3 Å². The van der Waals surface area contributed by atoms with Gasteiger partial charge in [0.05, 0.1) is 28.9 Å². The van der Waals surface area contributed by atoms with Gasteiger partial charge in [0.2, 0.25) is 0 Å². The van der Waals surface area contributed by atoms with E-state index in [4.69, 9.17) is 0 Å². The van der Waals surface area contributed by atoms with Crippen LogP contribution in [-0.2, 0) is 30.1 Å². The average molecular weight is 676 g/mol. The summed E-state index contributed by atoms with van der Waals surface area (Å²) in [7, 11) is -2.20. The SMILES string of the molecule is CCNS(=O)(=O)Nc1nn2cccnc2c1C(=O)N[C@H](C)c1c2c3c(ccc(C#Cc4cnn(C)c4)c3c(=O)n1-c1ccccc1)CCC2. The quantitative estimate of drug-likeness (QED) is 0.209. The normalized spacial score (nSPS) is 13.2. The van der Waals surface area contributed by atoms with Crippen LogP contribution in [0.1, 0.15) is 64.6 Å². The molecule has 6 aromatic rings. The number of amides is 1. The van der Waals surface area contributed by atoms with Crippen LogP contribution in [0.25, 0.3) is 22.1 Å². The zero-order valence-electron chi connectivity index (χ0n) is 27.1. The van der Waals surface area contributed by atoms with Gasteiger partial charge in [-0.2, -0.15) is 18.2 Å². The molecule has 1 aliphatic rings. The fraction of sp³-hybridized carbons (Fsp3) is 0.229. The largest absolute Gasteiger partial charge is 0.344 e. The number of nitrogens with one attached hydrogen (secondary N) is 3. The van der Waals surface area contributed by atoms with Crippen molar-refractivity contribution in [2.45, 2.75) is 39.2 Å². The Bertz CT molecular complexity index is 2490. The summed E-state index contributed by atoms with van der Waals surface area (Å²) in [6, 6.07) is 14.2. The molecule has 7 rings (SSSR count). The summed E-state index contributed by atoms with van der Waals surface area (Å²) in [6.07, 6.45) is 8.91. The van der Waals surface area contributed by atoms with Gasteiger partial charge in [-0.1, -0.05) is 43.0 Å². The summed E-state index contributed by atoms with van der Waals surface area (Å²) >= 11 is 0. The van der Waals surface area contributed by atoms with Crippen LogP contribution in [0.3, 0.4) is 0 Å². The van der Waals surface area contributed by atoms with Gasteiger partial charge in [0.25, 0.3) is 21.7 Å². The van der Waals surface area contributed by atoms with Gasteiger partial charge in [-0.3, -0.25) is 23.6 Å². The Morgan fingerprint density at radius 3 is 2.63 bits per heavy atom. The molecular formula is C35H33N9O4S. The first-order valence-electron chi connectivity index (χ1n) is 15.9. The zero-order valence-corrected chi connectivity index (χ0v) is 27.9. The molecular weight excluding hydrogens is 643 g/mol. The molecule has 2 aromatic carbocycles. The molecule has 0 unspecified atom stereocenters. The minimum atomic E-state index is -4.02. The van der Waals surface area contributed by atoms with E-state index in [1.807, 2.05) is 62.6 Å². The second-order valence-electron chi connectivity index (χ2n) is 11.8. The van der Waals surface area contributed by atoms with E-state index in [-0.39, 0.29) is 29.1 Å². The number of aromatic nitrogens is 6. The van der Waals surface area contributed by atoms with Crippen molar-refractivity contribution in [3.63, 3.8) is 0 Å². The summed E-state index contributed by atoms with van der Waals surface area (Å²) in [5.74, 6) is 5.59. The number of pyridine rings is 1. The maximum absolute atomic E-state index is 14.8. The second kappa shape index (κ2) is 12.7. The van der Waals surface area contributed by atoms with Crippen LogP contribution in [-0.4, -0.2) is 49.8 Å². The highest BCUT2D eigenvalue weighted by Gasteiger charge is 2.30. The predicted octanol–water partition coefficient (Wildman–Crippen LogP) is 3.41. The number of hydrogen-bond donors (Lipinski definition) is 3. The number of carbonyl (C=O) groups excluding carboxylic acids is 1. The van der Waals surface area contributed by atoms with Gasteiger partial charge in [0.1, 0.15) is 5.56 Å². The fourth-order valence-corrected chi connectivity index (χ4v) is 7.34. The summed E-state index contributed by atoms with van der Waals surface area (Å²) in [5.41, 5.74) is 4.48. The number of fused-ring (bicyclic) bond motifs is 1. The highest BCUT2D eigenvalue weighted by atomic mass is 32.2. The summed E-state index contributed by atoms with van der Waals surface area (Å²) in [6.45, 7) is 3.60. The first-order chi connectivity index (χ1) is 23.6. The molecule has 248 valence electrons. The number of nitrogens with zero attached hydrogens (tertiary/aromatic N) is 6. The molecule has 4 heterocycles. The predicted molar refractivity (Wildman–Crippen MR) is 186 cm³/mol. The average Bonchev–Trinajstić information content (AvgIpc) is 3.67. The van der Waals surface area contributed by atoms with Crippen molar-refractivity contribution in [1.82, 2.24) is 39.0 Å². The lowest BCUT2D eigenvalue weighted by molar-refractivity contribution is 0.0941. The van der Waals surface area contributed by atoms with Gasteiger partial charge in [0.15, 0.2) is 11.5 Å². The molecule has 0 saturated heterocycles. The van der Waals surface area contributed by atoms with E-state index in [9.17, 15) is 18.0 Å². The van der Waals surface area contributed by atoms with Gasteiger partial charge in [-0.05, 0) is 67.0 Å². The molecule has 14 heteroatoms. The Morgan fingerprint density at radius 1 is 1.06 bits per heavy atom. The number of rotatable bonds is 8. The third-order valence-corrected chi connectivity index (χ3v) is 9.57. The highest BCUT2D eigenvalue weighted by molar-refractivity contribution is 7.90. The minimum Gasteiger partial charge on any atom is -0.344 e. The van der Waals surface area contributed by atoms with E-state index >= 15 is 0 Å². The van der Waals surface area contributed by atoms with Gasteiger partial charge < -0.3 is 5.32 Å². The Morgan fingerprint density at radius 2 is 1.88 bits per heavy atom. The van der Waals surface area contributed by atoms with Crippen molar-refractivity contribution in [3.05, 3.63) is 117 Å². The molecule has 0 aliphatic heterocycles. The lowest BCUT2D eigenvalue weighted by Gasteiger charge is -2.28. The summed E-state index contributed by atoms with van der Waals surface area (Å²) < 4.78 is 34.7. The van der Waals surface area contributed by atoms with E-state index in [1.165, 1.54) is 10.7 Å². The molecule has 1 amide bonds. The molecule has 3 N–H and O–H groups in total. The van der Waals surface area contributed by atoms with E-state index < -0.39 is 22.2 Å². The lowest BCUT2D eigenvalue weighted by Crippen LogP contribution is -2.35. The number of hydrogen-bond acceptors (Lipinski definition) is 7. The molecule has 0 radical (unpaired) electrons. The Hall–Kier alpha value is -5.78. The molecule has 1 aliphatic carbocycles. The van der Waals surface area contributed by atoms with E-state index in [1.54, 1.807) is 34.6 Å². The Kier molecular flexibility index (Phi) is 8.23. The van der Waals surface area contributed by atoms with Crippen LogP contribution in [0.5, 0.6) is 0 Å². The second-order valence-corrected chi connectivity index (χ2v) is 13.3. The van der Waals surface area contributed by atoms with E-state index in [2.05, 4.69) is 41.8 Å². The molecule has 49 heavy (non-hydrogen) atoms. The van der Waals surface area contributed by atoms with Crippen molar-refractivity contribution in [3.8, 4) is 17.5 Å². The molecule has 0 bridgehead atoms. The van der Waals surface area contributed by atoms with Crippen LogP contribution in [0, 0.1) is 11.8 Å². The maximum Gasteiger partial charge on any atom is 0.300 e. The molecule has 13 nitrogen and oxygen atoms in total. The number of aryl methyl sites for hydroxylation is 3. The lowest BCUT2D eigenvalue weighted by atomic mass is 9.85. The highest BCUT2D eigenvalue weighted by Crippen LogP contribution is 2.36. The number of para-hydroxylation sites is 1. The first-order valence-corrected chi connectivity index (χ1v) is 17.3. The third-order valence-electron chi connectivity index (χ3n) is 8.44. The zero-order chi connectivity index (χ0) is 34.3. The van der Waals surface area contributed by atoms with Gasteiger partial charge in [-0.15, -0.1) is 5.10 Å². The monoisotopic (exact) mass is 675 g/mol. The van der Waals surface area contributed by atoms with Crippen molar-refractivity contribution in [2.75, 3.05) is 11.3 Å². The van der Waals surface area contributed by atoms with Crippen LogP contribution in [0.4, 0.5) is 5.82 Å². The van der Waals surface area contributed by atoms with Gasteiger partial charge >= 0.3 is 0 Å². The smallest absolute Gasteiger partial charge is 0.300 e. The van der Waals surface area contributed by atoms with Crippen LogP contribution in [0.2, 0.25) is 0 Å². The summed E-state index contributed by atoms with van der Waals surface area (Å²) in [5, 5.41) is 12.9. The molecule has 0 saturated carbocycles. The third kappa shape index (κ3) is 5.94. The van der Waals surface area contributed by atoms with Gasteiger partial charge in [0, 0.05) is 43.4 Å². The van der Waals surface area contributed by atoms with Crippen LogP contribution >= 0.6 is 0 Å². The topological polar surface area (TPSA) is 157 Å². The molecule has 1 atom stereocenters.